The van der Waals surface area contributed by atoms with E-state index in [0.717, 1.165) is 0 Å². The molecule has 0 unspecified atom stereocenters. The lowest BCUT2D eigenvalue weighted by Crippen LogP contribution is -2.46. The van der Waals surface area contributed by atoms with Gasteiger partial charge in [0, 0.05) is 29.1 Å². The van der Waals surface area contributed by atoms with Crippen LogP contribution in [-0.2, 0) is 16.1 Å². The van der Waals surface area contributed by atoms with Crippen molar-refractivity contribution in [1.29, 1.82) is 0 Å². The van der Waals surface area contributed by atoms with Gasteiger partial charge in [0.2, 0.25) is 0 Å². The molecule has 4 aromatic rings. The number of anilines is 1. The summed E-state index contributed by atoms with van der Waals surface area (Å²) in [6.45, 7) is 0.0624. The largest absolute Gasteiger partial charge is 0.356 e. The highest BCUT2D eigenvalue weighted by Gasteiger charge is 2.42. The molecule has 2 N–H and O–H groups in total. The summed E-state index contributed by atoms with van der Waals surface area (Å²) in [5.74, 6) is -1.39. The van der Waals surface area contributed by atoms with Crippen molar-refractivity contribution in [2.24, 2.45) is 0 Å². The maximum absolute atomic E-state index is 12.7. The molecule has 2 heterocycles. The first kappa shape index (κ1) is 25.0. The lowest BCUT2D eigenvalue weighted by molar-refractivity contribution is -0.128. The summed E-state index contributed by atoms with van der Waals surface area (Å²) in [7, 11) is 0. The molecule has 0 spiro atoms. The molecule has 0 saturated heterocycles. The number of halogens is 4. The minimum atomic E-state index is -2.37. The van der Waals surface area contributed by atoms with E-state index in [1.807, 2.05) is 0 Å². The number of nitrogens with one attached hydrogen (secondary N) is 2. The fourth-order valence-electron chi connectivity index (χ4n) is 3.12. The number of aromatic nitrogens is 2. The Morgan fingerprint density at radius 1 is 0.914 bits per heavy atom. The second-order valence-corrected chi connectivity index (χ2v) is 9.43. The molecule has 0 bridgehead atoms. The molecular formula is C24H16Cl4N4O3. The van der Waals surface area contributed by atoms with Crippen molar-refractivity contribution >= 4 is 63.9 Å². The molecule has 0 fully saturated rings. The minimum absolute atomic E-state index is 0.0624. The highest BCUT2D eigenvalue weighted by molar-refractivity contribution is 6.68. The molecule has 178 valence electrons. The highest BCUT2D eigenvalue weighted by atomic mass is 35.5. The monoisotopic (exact) mass is 548 g/mol. The summed E-state index contributed by atoms with van der Waals surface area (Å²) in [6, 6.07) is 18.7. The average molecular weight is 550 g/mol. The number of rotatable bonds is 7. The van der Waals surface area contributed by atoms with Crippen molar-refractivity contribution in [2.45, 2.75) is 10.9 Å². The molecule has 0 aliphatic heterocycles. The van der Waals surface area contributed by atoms with Crippen LogP contribution < -0.4 is 10.6 Å². The number of hydrogen-bond donors (Lipinski definition) is 2. The van der Waals surface area contributed by atoms with E-state index in [4.69, 9.17) is 50.9 Å². The molecule has 2 aromatic heterocycles. The van der Waals surface area contributed by atoms with E-state index in [1.54, 1.807) is 72.9 Å². The Bertz CT molecular complexity index is 1360. The first-order valence-electron chi connectivity index (χ1n) is 10.1. The van der Waals surface area contributed by atoms with Crippen LogP contribution in [0.15, 0.2) is 77.4 Å². The van der Waals surface area contributed by atoms with E-state index in [0.29, 0.717) is 44.0 Å². The maximum atomic E-state index is 12.7. The van der Waals surface area contributed by atoms with Crippen LogP contribution in [0, 0.1) is 0 Å². The van der Waals surface area contributed by atoms with Gasteiger partial charge < -0.3 is 15.2 Å². The highest BCUT2D eigenvalue weighted by Crippen LogP contribution is 2.36. The second-order valence-electron chi connectivity index (χ2n) is 7.29. The number of nitrogens with zero attached hydrogens (tertiary/aromatic N) is 2. The Kier molecular flexibility index (Phi) is 7.62. The van der Waals surface area contributed by atoms with E-state index in [-0.39, 0.29) is 6.54 Å². The quantitative estimate of drug-likeness (QED) is 0.213. The Balaban J connectivity index is 1.47. The van der Waals surface area contributed by atoms with Gasteiger partial charge in [0.05, 0.1) is 22.3 Å². The van der Waals surface area contributed by atoms with Gasteiger partial charge in [0.1, 0.15) is 5.69 Å². The molecule has 0 radical (unpaired) electrons. The van der Waals surface area contributed by atoms with E-state index in [9.17, 15) is 9.59 Å². The Hall–Kier alpha value is -3.10. The molecule has 2 amide bonds. The van der Waals surface area contributed by atoms with Crippen molar-refractivity contribution in [1.82, 2.24) is 15.5 Å². The van der Waals surface area contributed by atoms with E-state index < -0.39 is 16.1 Å². The summed E-state index contributed by atoms with van der Waals surface area (Å²) in [4.78, 5) is 29.2. The fraction of sp³-hybridized carbons (Fsp3) is 0.0833. The molecular weight excluding hydrogens is 534 g/mol. The molecule has 7 nitrogen and oxygen atoms in total. The van der Waals surface area contributed by atoms with Crippen LogP contribution in [0.2, 0.25) is 10.0 Å². The van der Waals surface area contributed by atoms with Gasteiger partial charge in [-0.1, -0.05) is 75.8 Å². The number of hydrogen-bond acceptors (Lipinski definition) is 5. The number of benzene rings is 2. The van der Waals surface area contributed by atoms with Crippen molar-refractivity contribution < 1.29 is 14.1 Å². The molecule has 0 atom stereocenters. The standard InChI is InChI=1S/C24H16Cl4N4O3/c25-17-8-4-9-18(26)21(17)19-12-20(35-32-19)14-5-3-7-15(11-14)31-23(34)24(27,28)22(33)30-13-16-6-1-2-10-29-16/h1-12H,13H2,(H,30,33)(H,31,34). The lowest BCUT2D eigenvalue weighted by Gasteiger charge is -2.18. The van der Waals surface area contributed by atoms with Crippen LogP contribution in [0.1, 0.15) is 5.69 Å². The zero-order valence-corrected chi connectivity index (χ0v) is 20.8. The van der Waals surface area contributed by atoms with Crippen LogP contribution >= 0.6 is 46.4 Å². The van der Waals surface area contributed by atoms with Gasteiger partial charge in [0.25, 0.3) is 16.1 Å². The van der Waals surface area contributed by atoms with Crippen molar-refractivity contribution in [2.75, 3.05) is 5.32 Å². The molecule has 35 heavy (non-hydrogen) atoms. The van der Waals surface area contributed by atoms with E-state index in [1.165, 1.54) is 0 Å². The maximum Gasteiger partial charge on any atom is 0.273 e. The summed E-state index contributed by atoms with van der Waals surface area (Å²) < 4.78 is 3.08. The van der Waals surface area contributed by atoms with Crippen molar-refractivity contribution in [3.8, 4) is 22.6 Å². The summed E-state index contributed by atoms with van der Waals surface area (Å²) in [5, 5.41) is 9.96. The SMILES string of the molecule is O=C(NCc1ccccn1)C(Cl)(Cl)C(=O)Nc1cccc(-c2cc(-c3c(Cl)cccc3Cl)no2)c1. The van der Waals surface area contributed by atoms with E-state index >= 15 is 0 Å². The van der Waals surface area contributed by atoms with Gasteiger partial charge >= 0.3 is 0 Å². The molecule has 11 heteroatoms. The van der Waals surface area contributed by atoms with Crippen LogP contribution in [-0.4, -0.2) is 26.3 Å². The third-order valence-corrected chi connectivity index (χ3v) is 6.18. The van der Waals surface area contributed by atoms with Crippen molar-refractivity contribution in [3.05, 3.63) is 88.7 Å². The molecule has 0 aliphatic carbocycles. The average Bonchev–Trinajstić information content (AvgIpc) is 3.33. The number of amides is 2. The third kappa shape index (κ3) is 5.77. The minimum Gasteiger partial charge on any atom is -0.356 e. The Labute approximate surface area is 220 Å². The van der Waals surface area contributed by atoms with E-state index in [2.05, 4.69) is 20.8 Å². The zero-order valence-electron chi connectivity index (χ0n) is 17.8. The summed E-state index contributed by atoms with van der Waals surface area (Å²) in [5.41, 5.74) is 2.52. The van der Waals surface area contributed by atoms with Crippen molar-refractivity contribution in [3.63, 3.8) is 0 Å². The normalized spacial score (nSPS) is 11.2. The Morgan fingerprint density at radius 2 is 1.66 bits per heavy atom. The fourth-order valence-corrected chi connectivity index (χ4v) is 3.94. The van der Waals surface area contributed by atoms with Gasteiger partial charge in [-0.3, -0.25) is 14.6 Å². The Morgan fingerprint density at radius 3 is 2.37 bits per heavy atom. The predicted molar refractivity (Wildman–Crippen MR) is 137 cm³/mol. The van der Waals surface area contributed by atoms with Crippen LogP contribution in [0.4, 0.5) is 5.69 Å². The molecule has 0 aliphatic rings. The second kappa shape index (κ2) is 10.7. The smallest absolute Gasteiger partial charge is 0.273 e. The van der Waals surface area contributed by atoms with Gasteiger partial charge in [-0.2, -0.15) is 0 Å². The third-order valence-electron chi connectivity index (χ3n) is 4.86. The first-order valence-corrected chi connectivity index (χ1v) is 11.7. The zero-order chi connectivity index (χ0) is 25.0. The summed E-state index contributed by atoms with van der Waals surface area (Å²) >= 11 is 24.7. The number of alkyl halides is 2. The topological polar surface area (TPSA) is 97.1 Å². The van der Waals surface area contributed by atoms with Crippen LogP contribution in [0.5, 0.6) is 0 Å². The number of carbonyl (C=O) groups excluding carboxylic acids is 2. The summed E-state index contributed by atoms with van der Waals surface area (Å²) in [6.07, 6.45) is 1.58. The number of carbonyl (C=O) groups is 2. The lowest BCUT2D eigenvalue weighted by atomic mass is 10.1. The van der Waals surface area contributed by atoms with Gasteiger partial charge in [-0.05, 0) is 36.4 Å². The van der Waals surface area contributed by atoms with Crippen LogP contribution in [0.25, 0.3) is 22.6 Å². The van der Waals surface area contributed by atoms with Gasteiger partial charge in [0.15, 0.2) is 5.76 Å². The molecule has 0 saturated carbocycles. The number of pyridine rings is 1. The molecule has 4 rings (SSSR count). The first-order chi connectivity index (χ1) is 16.8. The predicted octanol–water partition coefficient (Wildman–Crippen LogP) is 6.14. The van der Waals surface area contributed by atoms with Gasteiger partial charge in [-0.25, -0.2) is 0 Å². The molecule has 2 aromatic carbocycles. The van der Waals surface area contributed by atoms with Gasteiger partial charge in [-0.15, -0.1) is 0 Å². The van der Waals surface area contributed by atoms with Crippen LogP contribution in [0.3, 0.4) is 0 Å².